The Labute approximate surface area is 169 Å². The van der Waals surface area contributed by atoms with Crippen molar-refractivity contribution in [3.63, 3.8) is 0 Å². The van der Waals surface area contributed by atoms with E-state index in [2.05, 4.69) is 10.6 Å². The molecule has 3 aromatic rings. The van der Waals surface area contributed by atoms with Crippen LogP contribution in [0.2, 0.25) is 0 Å². The molecule has 29 heavy (non-hydrogen) atoms. The number of carbonyl (C=O) groups excluding carboxylic acids is 2. The summed E-state index contributed by atoms with van der Waals surface area (Å²) in [4.78, 5) is 25.0. The molecule has 1 aliphatic heterocycles. The Morgan fingerprint density at radius 2 is 1.66 bits per heavy atom. The largest absolute Gasteiger partial charge is 0.490 e. The summed E-state index contributed by atoms with van der Waals surface area (Å²) < 4.78 is 5.74. The van der Waals surface area contributed by atoms with Crippen LogP contribution in [-0.4, -0.2) is 18.4 Å². The van der Waals surface area contributed by atoms with Crippen molar-refractivity contribution in [1.82, 2.24) is 0 Å². The smallest absolute Gasteiger partial charge is 0.255 e. The van der Waals surface area contributed by atoms with E-state index < -0.39 is 5.41 Å². The molecule has 0 atom stereocenters. The molecule has 0 saturated carbocycles. The molecule has 0 aliphatic carbocycles. The highest BCUT2D eigenvalue weighted by molar-refractivity contribution is 6.05. The summed E-state index contributed by atoms with van der Waals surface area (Å²) in [5, 5.41) is 5.75. The number of fused-ring (bicyclic) bond motifs is 1. The van der Waals surface area contributed by atoms with Gasteiger partial charge in [0.15, 0.2) is 0 Å². The number of anilines is 2. The Balaban J connectivity index is 1.50. The Kier molecular flexibility index (Phi) is 4.80. The van der Waals surface area contributed by atoms with Crippen molar-refractivity contribution >= 4 is 23.2 Å². The maximum atomic E-state index is 12.6. The second-order valence-electron chi connectivity index (χ2n) is 7.74. The number of nitrogens with one attached hydrogen (secondary N) is 2. The van der Waals surface area contributed by atoms with Crippen molar-refractivity contribution in [3.05, 3.63) is 78.4 Å². The van der Waals surface area contributed by atoms with Crippen LogP contribution in [0.5, 0.6) is 5.75 Å². The van der Waals surface area contributed by atoms with Gasteiger partial charge in [-0.05, 0) is 55.3 Å². The number of rotatable bonds is 3. The van der Waals surface area contributed by atoms with Gasteiger partial charge in [-0.15, -0.1) is 0 Å². The van der Waals surface area contributed by atoms with Crippen LogP contribution in [0.25, 0.3) is 11.1 Å². The molecular weight excluding hydrogens is 364 g/mol. The molecular formula is C24H22N2O3. The lowest BCUT2D eigenvalue weighted by molar-refractivity contribution is -0.124. The predicted octanol–water partition coefficient (Wildman–Crippen LogP) is 4.96. The Bertz CT molecular complexity index is 1060. The lowest BCUT2D eigenvalue weighted by Gasteiger charge is -2.18. The molecule has 2 N–H and O–H groups in total. The van der Waals surface area contributed by atoms with E-state index >= 15 is 0 Å². The van der Waals surface area contributed by atoms with E-state index in [-0.39, 0.29) is 11.8 Å². The number of ether oxygens (including phenoxy) is 1. The van der Waals surface area contributed by atoms with E-state index in [1.54, 1.807) is 30.3 Å². The zero-order chi connectivity index (χ0) is 20.4. The Morgan fingerprint density at radius 1 is 0.966 bits per heavy atom. The fraction of sp³-hybridized carbons (Fsp3) is 0.167. The SMILES string of the molecule is CC1(C)COc2ccc(NC(=O)c3ccc(-c4ccccc4)cc3)cc2NC1=O. The predicted molar refractivity (Wildman–Crippen MR) is 114 cm³/mol. The van der Waals surface area contributed by atoms with Gasteiger partial charge in [-0.1, -0.05) is 42.5 Å². The number of carbonyl (C=O) groups is 2. The molecule has 2 amide bonds. The van der Waals surface area contributed by atoms with Crippen molar-refractivity contribution in [1.29, 1.82) is 0 Å². The third-order valence-electron chi connectivity index (χ3n) is 4.94. The maximum absolute atomic E-state index is 12.6. The van der Waals surface area contributed by atoms with Gasteiger partial charge in [0.25, 0.3) is 5.91 Å². The minimum atomic E-state index is -0.622. The fourth-order valence-electron chi connectivity index (χ4n) is 3.09. The maximum Gasteiger partial charge on any atom is 0.255 e. The van der Waals surface area contributed by atoms with Gasteiger partial charge >= 0.3 is 0 Å². The first-order chi connectivity index (χ1) is 13.9. The fourth-order valence-corrected chi connectivity index (χ4v) is 3.09. The first-order valence-corrected chi connectivity index (χ1v) is 9.47. The number of benzene rings is 3. The molecule has 0 spiro atoms. The summed E-state index contributed by atoms with van der Waals surface area (Å²) in [5.74, 6) is 0.260. The van der Waals surface area contributed by atoms with Crippen molar-refractivity contribution < 1.29 is 14.3 Å². The van der Waals surface area contributed by atoms with Gasteiger partial charge in [-0.2, -0.15) is 0 Å². The van der Waals surface area contributed by atoms with Gasteiger partial charge in [0.05, 0.1) is 11.1 Å². The summed E-state index contributed by atoms with van der Waals surface area (Å²) >= 11 is 0. The van der Waals surface area contributed by atoms with Gasteiger partial charge in [0.2, 0.25) is 5.91 Å². The van der Waals surface area contributed by atoms with E-state index in [0.717, 1.165) is 11.1 Å². The van der Waals surface area contributed by atoms with Crippen molar-refractivity contribution in [3.8, 4) is 16.9 Å². The minimum Gasteiger partial charge on any atom is -0.490 e. The highest BCUT2D eigenvalue weighted by Crippen LogP contribution is 2.34. The van der Waals surface area contributed by atoms with Gasteiger partial charge < -0.3 is 15.4 Å². The molecule has 0 fully saturated rings. The Hall–Kier alpha value is -3.60. The topological polar surface area (TPSA) is 67.4 Å². The first-order valence-electron chi connectivity index (χ1n) is 9.47. The quantitative estimate of drug-likeness (QED) is 0.668. The van der Waals surface area contributed by atoms with Gasteiger partial charge in [0.1, 0.15) is 12.4 Å². The summed E-state index contributed by atoms with van der Waals surface area (Å²) in [6.45, 7) is 3.96. The molecule has 4 rings (SSSR count). The summed E-state index contributed by atoms with van der Waals surface area (Å²) in [6, 6.07) is 22.7. The number of amides is 2. The van der Waals surface area contributed by atoms with Gasteiger partial charge in [-0.3, -0.25) is 9.59 Å². The average Bonchev–Trinajstić information content (AvgIpc) is 2.84. The van der Waals surface area contributed by atoms with Crippen molar-refractivity contribution in [2.45, 2.75) is 13.8 Å². The summed E-state index contributed by atoms with van der Waals surface area (Å²) in [5.41, 5.74) is 3.23. The molecule has 0 radical (unpaired) electrons. The molecule has 0 saturated heterocycles. The van der Waals surface area contributed by atoms with Crippen LogP contribution in [0.4, 0.5) is 11.4 Å². The molecule has 0 unspecified atom stereocenters. The summed E-state index contributed by atoms with van der Waals surface area (Å²) in [7, 11) is 0. The molecule has 0 bridgehead atoms. The van der Waals surface area contributed by atoms with Crippen LogP contribution in [0.15, 0.2) is 72.8 Å². The zero-order valence-electron chi connectivity index (χ0n) is 16.4. The lowest BCUT2D eigenvalue weighted by Crippen LogP contribution is -2.33. The van der Waals surface area contributed by atoms with Crippen LogP contribution in [0, 0.1) is 5.41 Å². The van der Waals surface area contributed by atoms with Crippen LogP contribution >= 0.6 is 0 Å². The van der Waals surface area contributed by atoms with Gasteiger partial charge in [-0.25, -0.2) is 0 Å². The van der Waals surface area contributed by atoms with E-state index in [1.165, 1.54) is 0 Å². The molecule has 3 aromatic carbocycles. The lowest BCUT2D eigenvalue weighted by atomic mass is 9.94. The highest BCUT2D eigenvalue weighted by atomic mass is 16.5. The van der Waals surface area contributed by atoms with Crippen LogP contribution in [0.3, 0.4) is 0 Å². The second-order valence-corrected chi connectivity index (χ2v) is 7.74. The van der Waals surface area contributed by atoms with E-state index in [0.29, 0.717) is 29.3 Å². The zero-order valence-corrected chi connectivity index (χ0v) is 16.4. The van der Waals surface area contributed by atoms with Gasteiger partial charge in [0, 0.05) is 11.3 Å². The first kappa shape index (κ1) is 18.7. The van der Waals surface area contributed by atoms with Crippen molar-refractivity contribution in [2.24, 2.45) is 5.41 Å². The van der Waals surface area contributed by atoms with E-state index in [1.807, 2.05) is 56.3 Å². The van der Waals surface area contributed by atoms with Crippen LogP contribution in [-0.2, 0) is 4.79 Å². The number of hydrogen-bond donors (Lipinski definition) is 2. The van der Waals surface area contributed by atoms with Crippen LogP contribution in [0.1, 0.15) is 24.2 Å². The monoisotopic (exact) mass is 386 g/mol. The average molecular weight is 386 g/mol. The van der Waals surface area contributed by atoms with E-state index in [4.69, 9.17) is 4.74 Å². The molecule has 1 heterocycles. The van der Waals surface area contributed by atoms with Crippen molar-refractivity contribution in [2.75, 3.05) is 17.2 Å². The standard InChI is InChI=1S/C24H22N2O3/c1-24(2)15-29-21-13-12-19(14-20(21)26-23(24)28)25-22(27)18-10-8-17(9-11-18)16-6-4-3-5-7-16/h3-14H,15H2,1-2H3,(H,25,27)(H,26,28). The van der Waals surface area contributed by atoms with Crippen LogP contribution < -0.4 is 15.4 Å². The molecule has 1 aliphatic rings. The minimum absolute atomic E-state index is 0.115. The molecule has 146 valence electrons. The molecule has 0 aromatic heterocycles. The highest BCUT2D eigenvalue weighted by Gasteiger charge is 2.32. The molecule has 5 nitrogen and oxygen atoms in total. The molecule has 5 heteroatoms. The second kappa shape index (κ2) is 7.43. The Morgan fingerprint density at radius 3 is 2.38 bits per heavy atom. The number of hydrogen-bond acceptors (Lipinski definition) is 3. The summed E-state index contributed by atoms with van der Waals surface area (Å²) in [6.07, 6.45) is 0. The third-order valence-corrected chi connectivity index (χ3v) is 4.94. The third kappa shape index (κ3) is 3.99. The normalized spacial score (nSPS) is 14.8. The van der Waals surface area contributed by atoms with E-state index in [9.17, 15) is 9.59 Å².